The monoisotopic (exact) mass is 300 g/mol. The molecule has 2 aromatic carbocycles. The van der Waals surface area contributed by atoms with E-state index in [0.29, 0.717) is 18.5 Å². The Morgan fingerprint density at radius 3 is 2.50 bits per heavy atom. The Kier molecular flexibility index (Phi) is 5.14. The van der Waals surface area contributed by atoms with E-state index < -0.39 is 12.3 Å². The predicted octanol–water partition coefficient (Wildman–Crippen LogP) is 3.39. The molecule has 0 aliphatic carbocycles. The minimum atomic E-state index is -1.16. The molecular weight excluding hydrogens is 284 g/mol. The molecular formula is C17H16O5. The Balaban J connectivity index is 2.20. The first kappa shape index (κ1) is 15.6. The van der Waals surface area contributed by atoms with Gasteiger partial charge in [0.1, 0.15) is 23.3 Å². The fourth-order valence-electron chi connectivity index (χ4n) is 1.87. The second-order valence-electron chi connectivity index (χ2n) is 4.57. The van der Waals surface area contributed by atoms with Crippen LogP contribution in [0.4, 0.5) is 0 Å². The van der Waals surface area contributed by atoms with E-state index in [0.717, 1.165) is 0 Å². The van der Waals surface area contributed by atoms with Crippen LogP contribution in [-0.2, 0) is 0 Å². The SMILES string of the molecule is CCC(Oc1ccccc1)Oc1ccc(C=O)cc1C(=O)O. The topological polar surface area (TPSA) is 72.8 Å². The first-order chi connectivity index (χ1) is 10.6. The summed E-state index contributed by atoms with van der Waals surface area (Å²) in [4.78, 5) is 22.0. The molecule has 0 aliphatic rings. The summed E-state index contributed by atoms with van der Waals surface area (Å²) in [6.45, 7) is 1.87. The van der Waals surface area contributed by atoms with Gasteiger partial charge in [-0.05, 0) is 30.3 Å². The van der Waals surface area contributed by atoms with Gasteiger partial charge in [-0.1, -0.05) is 25.1 Å². The first-order valence-corrected chi connectivity index (χ1v) is 6.85. The molecule has 1 atom stereocenters. The second kappa shape index (κ2) is 7.26. The largest absolute Gasteiger partial charge is 0.478 e. The van der Waals surface area contributed by atoms with Crippen LogP contribution in [0.15, 0.2) is 48.5 Å². The summed E-state index contributed by atoms with van der Waals surface area (Å²) in [5, 5.41) is 9.22. The Morgan fingerprint density at radius 2 is 1.91 bits per heavy atom. The lowest BCUT2D eigenvalue weighted by Crippen LogP contribution is -2.24. The standard InChI is InChI=1S/C17H16O5/c1-2-16(21-13-6-4-3-5-7-13)22-15-9-8-12(11-18)10-14(15)17(19)20/h3-11,16H,2H2,1H3,(H,19,20). The van der Waals surface area contributed by atoms with Gasteiger partial charge in [0.15, 0.2) is 0 Å². The van der Waals surface area contributed by atoms with Crippen LogP contribution in [0, 0.1) is 0 Å². The van der Waals surface area contributed by atoms with Gasteiger partial charge in [0, 0.05) is 12.0 Å². The number of ether oxygens (including phenoxy) is 2. The number of benzene rings is 2. The number of carboxylic acid groups (broad SMARTS) is 1. The fourth-order valence-corrected chi connectivity index (χ4v) is 1.87. The predicted molar refractivity (Wildman–Crippen MR) is 80.6 cm³/mol. The average Bonchev–Trinajstić information content (AvgIpc) is 2.55. The van der Waals surface area contributed by atoms with Gasteiger partial charge in [-0.3, -0.25) is 4.79 Å². The highest BCUT2D eigenvalue weighted by atomic mass is 16.7. The van der Waals surface area contributed by atoms with Crippen LogP contribution in [0.3, 0.4) is 0 Å². The van der Waals surface area contributed by atoms with Crippen molar-refractivity contribution in [3.05, 3.63) is 59.7 Å². The van der Waals surface area contributed by atoms with Crippen LogP contribution < -0.4 is 9.47 Å². The maximum Gasteiger partial charge on any atom is 0.339 e. The lowest BCUT2D eigenvalue weighted by Gasteiger charge is -2.20. The Morgan fingerprint density at radius 1 is 1.18 bits per heavy atom. The Bertz CT molecular complexity index is 651. The molecule has 0 bridgehead atoms. The van der Waals surface area contributed by atoms with E-state index in [1.54, 1.807) is 12.1 Å². The zero-order chi connectivity index (χ0) is 15.9. The van der Waals surface area contributed by atoms with E-state index in [2.05, 4.69) is 0 Å². The van der Waals surface area contributed by atoms with Crippen molar-refractivity contribution < 1.29 is 24.2 Å². The highest BCUT2D eigenvalue weighted by Gasteiger charge is 2.17. The molecule has 2 aromatic rings. The van der Waals surface area contributed by atoms with Crippen LogP contribution in [0.5, 0.6) is 11.5 Å². The molecule has 5 nitrogen and oxygen atoms in total. The summed E-state index contributed by atoms with van der Waals surface area (Å²) in [6.07, 6.45) is 0.500. The molecule has 0 amide bonds. The second-order valence-corrected chi connectivity index (χ2v) is 4.57. The molecule has 22 heavy (non-hydrogen) atoms. The summed E-state index contributed by atoms with van der Waals surface area (Å²) < 4.78 is 11.3. The molecule has 0 heterocycles. The summed E-state index contributed by atoms with van der Waals surface area (Å²) in [5.74, 6) is -0.357. The highest BCUT2D eigenvalue weighted by molar-refractivity contribution is 5.93. The van der Waals surface area contributed by atoms with Gasteiger partial charge in [0.2, 0.25) is 6.29 Å². The van der Waals surface area contributed by atoms with Crippen molar-refractivity contribution in [2.24, 2.45) is 0 Å². The number of aromatic carboxylic acids is 1. The van der Waals surface area contributed by atoms with Gasteiger partial charge in [-0.15, -0.1) is 0 Å². The third-order valence-electron chi connectivity index (χ3n) is 2.97. The summed E-state index contributed by atoms with van der Waals surface area (Å²) >= 11 is 0. The third-order valence-corrected chi connectivity index (χ3v) is 2.97. The third kappa shape index (κ3) is 3.85. The van der Waals surface area contributed by atoms with Crippen LogP contribution >= 0.6 is 0 Å². The van der Waals surface area contributed by atoms with Crippen molar-refractivity contribution in [2.45, 2.75) is 19.6 Å². The molecule has 0 saturated heterocycles. The number of aldehydes is 1. The Labute approximate surface area is 128 Å². The number of rotatable bonds is 7. The van der Waals surface area contributed by atoms with Crippen LogP contribution in [0.25, 0.3) is 0 Å². The minimum Gasteiger partial charge on any atom is -0.478 e. The van der Waals surface area contributed by atoms with Crippen LogP contribution in [0.2, 0.25) is 0 Å². The van der Waals surface area contributed by atoms with Gasteiger partial charge in [0.05, 0.1) is 0 Å². The van der Waals surface area contributed by atoms with Crippen LogP contribution in [0.1, 0.15) is 34.1 Å². The molecule has 0 fully saturated rings. The number of hydrogen-bond donors (Lipinski definition) is 1. The van der Waals surface area contributed by atoms with Gasteiger partial charge in [-0.25, -0.2) is 4.79 Å². The van der Waals surface area contributed by atoms with Crippen LogP contribution in [-0.4, -0.2) is 23.7 Å². The van der Waals surface area contributed by atoms with Gasteiger partial charge in [-0.2, -0.15) is 0 Å². The molecule has 114 valence electrons. The quantitative estimate of drug-likeness (QED) is 0.626. The summed E-state index contributed by atoms with van der Waals surface area (Å²) in [7, 11) is 0. The lowest BCUT2D eigenvalue weighted by molar-refractivity contribution is 0.00234. The van der Waals surface area contributed by atoms with Crippen molar-refractivity contribution in [1.82, 2.24) is 0 Å². The maximum absolute atomic E-state index is 11.3. The van der Waals surface area contributed by atoms with E-state index in [4.69, 9.17) is 9.47 Å². The van der Waals surface area contributed by atoms with E-state index >= 15 is 0 Å². The van der Waals surface area contributed by atoms with Crippen molar-refractivity contribution in [3.8, 4) is 11.5 Å². The van der Waals surface area contributed by atoms with Crippen molar-refractivity contribution in [2.75, 3.05) is 0 Å². The average molecular weight is 300 g/mol. The molecule has 0 aromatic heterocycles. The molecule has 1 N–H and O–H groups in total. The maximum atomic E-state index is 11.3. The lowest BCUT2D eigenvalue weighted by atomic mass is 10.1. The summed E-state index contributed by atoms with van der Waals surface area (Å²) in [5.41, 5.74) is 0.210. The zero-order valence-corrected chi connectivity index (χ0v) is 12.1. The molecule has 1 unspecified atom stereocenters. The van der Waals surface area contributed by atoms with Crippen molar-refractivity contribution in [3.63, 3.8) is 0 Å². The molecule has 2 rings (SSSR count). The smallest absolute Gasteiger partial charge is 0.339 e. The van der Waals surface area contributed by atoms with Gasteiger partial charge < -0.3 is 14.6 Å². The number of carboxylic acids is 1. The molecule has 0 spiro atoms. The zero-order valence-electron chi connectivity index (χ0n) is 12.1. The number of para-hydroxylation sites is 1. The Hall–Kier alpha value is -2.82. The van der Waals surface area contributed by atoms with Gasteiger partial charge in [0.25, 0.3) is 0 Å². The fraction of sp³-hybridized carbons (Fsp3) is 0.176. The summed E-state index contributed by atoms with van der Waals surface area (Å²) in [6, 6.07) is 13.4. The van der Waals surface area contributed by atoms with Gasteiger partial charge >= 0.3 is 5.97 Å². The van der Waals surface area contributed by atoms with Crippen molar-refractivity contribution >= 4 is 12.3 Å². The van der Waals surface area contributed by atoms with E-state index in [1.807, 2.05) is 25.1 Å². The number of hydrogen-bond acceptors (Lipinski definition) is 4. The molecule has 0 saturated carbocycles. The van der Waals surface area contributed by atoms with E-state index in [1.165, 1.54) is 18.2 Å². The highest BCUT2D eigenvalue weighted by Crippen LogP contribution is 2.23. The number of carbonyl (C=O) groups is 2. The van der Waals surface area contributed by atoms with Crippen molar-refractivity contribution in [1.29, 1.82) is 0 Å². The van der Waals surface area contributed by atoms with E-state index in [9.17, 15) is 14.7 Å². The molecule has 0 aliphatic heterocycles. The minimum absolute atomic E-state index is 0.0697. The normalized spacial score (nSPS) is 11.5. The number of carbonyl (C=O) groups excluding carboxylic acids is 1. The van der Waals surface area contributed by atoms with E-state index in [-0.39, 0.29) is 16.9 Å². The first-order valence-electron chi connectivity index (χ1n) is 6.85. The molecule has 0 radical (unpaired) electrons. The molecule has 5 heteroatoms.